The molecule has 2 aromatic heterocycles. The number of tetrazole rings is 1. The van der Waals surface area contributed by atoms with Gasteiger partial charge in [-0.05, 0) is 22.4 Å². The molecule has 0 aromatic carbocycles. The number of carboxylic acid groups (broad SMARTS) is 1. The average molecular weight is 568 g/mol. The number of β-lactam (4-membered cyclic amide) rings is 1. The Balaban J connectivity index is 1.46. The molecule has 1 saturated heterocycles. The minimum atomic E-state index is -1.21. The van der Waals surface area contributed by atoms with Crippen LogP contribution in [0.2, 0.25) is 0 Å². The molecule has 4 heterocycles. The number of rotatable bonds is 12. The zero-order valence-corrected chi connectivity index (χ0v) is 22.4. The molecular formula is C20H25N9O5S3. The van der Waals surface area contributed by atoms with Crippen molar-refractivity contribution in [1.82, 2.24) is 35.4 Å². The number of thioether (sulfide) groups is 2. The van der Waals surface area contributed by atoms with Gasteiger partial charge in [0, 0.05) is 23.9 Å². The second kappa shape index (κ2) is 11.9. The van der Waals surface area contributed by atoms with E-state index >= 15 is 0 Å². The number of aliphatic carboxylic acids is 1. The Bertz CT molecular complexity index is 1240. The molecule has 1 unspecified atom stereocenters. The second-order valence-electron chi connectivity index (χ2n) is 8.04. The van der Waals surface area contributed by atoms with Gasteiger partial charge >= 0.3 is 5.97 Å². The number of amides is 2. The first-order chi connectivity index (χ1) is 17.8. The molecule has 2 aromatic rings. The molecule has 0 radical (unpaired) electrons. The third-order valence-electron chi connectivity index (χ3n) is 5.47. The highest BCUT2D eigenvalue weighted by Crippen LogP contribution is 2.41. The van der Waals surface area contributed by atoms with Crippen molar-refractivity contribution in [2.45, 2.75) is 42.8 Å². The summed E-state index contributed by atoms with van der Waals surface area (Å²) in [5.74, 6) is -1.72. The van der Waals surface area contributed by atoms with Crippen LogP contribution >= 0.6 is 34.9 Å². The Kier molecular flexibility index (Phi) is 8.65. The van der Waals surface area contributed by atoms with Crippen LogP contribution in [0.15, 0.2) is 27.0 Å². The SMILES string of the molecule is CCCCCON=C(C(=O)NC1C(=O)N2C(C(=O)O)=C(CSc3nnnn3C)CS[C@@H]12)c1csc(N)n1. The van der Waals surface area contributed by atoms with Crippen LogP contribution in [0.25, 0.3) is 0 Å². The number of aromatic nitrogens is 5. The quantitative estimate of drug-likeness (QED) is 0.107. The number of hydrogen-bond donors (Lipinski definition) is 3. The van der Waals surface area contributed by atoms with Crippen molar-refractivity contribution in [3.63, 3.8) is 0 Å². The van der Waals surface area contributed by atoms with Crippen molar-refractivity contribution >= 4 is 63.5 Å². The molecule has 4 N–H and O–H groups in total. The van der Waals surface area contributed by atoms with E-state index in [0.717, 1.165) is 30.6 Å². The van der Waals surface area contributed by atoms with Gasteiger partial charge < -0.3 is 21.0 Å². The molecule has 2 atom stereocenters. The summed E-state index contributed by atoms with van der Waals surface area (Å²) in [6.07, 6.45) is 2.75. The van der Waals surface area contributed by atoms with Crippen molar-refractivity contribution in [2.24, 2.45) is 12.2 Å². The molecule has 0 spiro atoms. The van der Waals surface area contributed by atoms with E-state index < -0.39 is 29.2 Å². The number of nitrogens with one attached hydrogen (secondary N) is 1. The van der Waals surface area contributed by atoms with Gasteiger partial charge in [-0.3, -0.25) is 14.5 Å². The number of hydrogen-bond acceptors (Lipinski definition) is 13. The van der Waals surface area contributed by atoms with Gasteiger partial charge in [-0.15, -0.1) is 28.2 Å². The third-order valence-corrected chi connectivity index (χ3v) is 8.58. The van der Waals surface area contributed by atoms with Gasteiger partial charge in [0.2, 0.25) is 5.16 Å². The summed E-state index contributed by atoms with van der Waals surface area (Å²) in [4.78, 5) is 48.9. The van der Waals surface area contributed by atoms with Crippen molar-refractivity contribution in [1.29, 1.82) is 0 Å². The lowest BCUT2D eigenvalue weighted by Crippen LogP contribution is -2.71. The van der Waals surface area contributed by atoms with Gasteiger partial charge in [0.1, 0.15) is 29.4 Å². The first-order valence-corrected chi connectivity index (χ1v) is 14.2. The third kappa shape index (κ3) is 5.88. The minimum absolute atomic E-state index is 0.0812. The fraction of sp³-hybridized carbons (Fsp3) is 0.500. The predicted molar refractivity (Wildman–Crippen MR) is 138 cm³/mol. The summed E-state index contributed by atoms with van der Waals surface area (Å²) >= 11 is 3.79. The van der Waals surface area contributed by atoms with Crippen molar-refractivity contribution in [3.05, 3.63) is 22.3 Å². The van der Waals surface area contributed by atoms with Gasteiger partial charge in [0.15, 0.2) is 10.8 Å². The van der Waals surface area contributed by atoms with Crippen molar-refractivity contribution in [2.75, 3.05) is 23.8 Å². The number of carboxylic acids is 1. The zero-order valence-electron chi connectivity index (χ0n) is 20.0. The summed E-state index contributed by atoms with van der Waals surface area (Å²) in [5, 5.41) is 29.5. The Morgan fingerprint density at radius 2 is 2.22 bits per heavy atom. The first-order valence-electron chi connectivity index (χ1n) is 11.3. The van der Waals surface area contributed by atoms with Crippen molar-refractivity contribution < 1.29 is 24.3 Å². The normalized spacial score (nSPS) is 19.5. The number of aryl methyl sites for hydroxylation is 1. The van der Waals surface area contributed by atoms with Crippen LogP contribution in [0.3, 0.4) is 0 Å². The molecule has 17 heteroatoms. The van der Waals surface area contributed by atoms with Gasteiger partial charge in [0.25, 0.3) is 11.8 Å². The standard InChI is InChI=1S/C20H25N9O5S3/c1-3-4-5-6-34-25-12(11-9-36-19(21)22-11)15(30)23-13-16(31)29-14(18(32)33)10(7-35-17(13)29)8-37-20-24-26-27-28(20)2/h9,13,17H,3-8H2,1-2H3,(H2,21,22)(H,23,30)(H,32,33)/t13?,17-/m0/s1. The highest BCUT2D eigenvalue weighted by atomic mass is 32.2. The first kappa shape index (κ1) is 26.9. The van der Waals surface area contributed by atoms with Crippen LogP contribution in [0.1, 0.15) is 31.9 Å². The molecule has 198 valence electrons. The minimum Gasteiger partial charge on any atom is -0.477 e. The summed E-state index contributed by atoms with van der Waals surface area (Å²) < 4.78 is 1.48. The number of fused-ring (bicyclic) bond motifs is 1. The molecule has 0 saturated carbocycles. The molecule has 0 aliphatic carbocycles. The number of anilines is 1. The Labute approximate surface area is 224 Å². The fourth-order valence-electron chi connectivity index (χ4n) is 3.63. The van der Waals surface area contributed by atoms with E-state index in [1.165, 1.54) is 33.1 Å². The average Bonchev–Trinajstić information content (AvgIpc) is 3.49. The summed E-state index contributed by atoms with van der Waals surface area (Å²) in [6, 6.07) is -0.926. The lowest BCUT2D eigenvalue weighted by Gasteiger charge is -2.49. The summed E-state index contributed by atoms with van der Waals surface area (Å²) in [5.41, 5.74) is 6.35. The molecule has 14 nitrogen and oxygen atoms in total. The van der Waals surface area contributed by atoms with Crippen LogP contribution in [0.4, 0.5) is 5.13 Å². The summed E-state index contributed by atoms with van der Waals surface area (Å²) in [7, 11) is 1.68. The molecule has 2 amide bonds. The Morgan fingerprint density at radius 3 is 2.86 bits per heavy atom. The molecular weight excluding hydrogens is 542 g/mol. The second-order valence-corrected chi connectivity index (χ2v) is 11.0. The lowest BCUT2D eigenvalue weighted by molar-refractivity contribution is -0.150. The number of nitrogens with zero attached hydrogens (tertiary/aromatic N) is 7. The number of oxime groups is 1. The highest BCUT2D eigenvalue weighted by Gasteiger charge is 2.54. The van der Waals surface area contributed by atoms with Gasteiger partial charge in [0.05, 0.1) is 0 Å². The van der Waals surface area contributed by atoms with E-state index in [1.807, 2.05) is 0 Å². The maximum absolute atomic E-state index is 13.1. The van der Waals surface area contributed by atoms with E-state index in [1.54, 1.807) is 12.4 Å². The van der Waals surface area contributed by atoms with Gasteiger partial charge in [-0.25, -0.2) is 14.5 Å². The number of nitrogens with two attached hydrogens (primary N) is 1. The van der Waals surface area contributed by atoms with Gasteiger partial charge in [-0.2, -0.15) is 0 Å². The number of nitrogen functional groups attached to an aromatic ring is 1. The van der Waals surface area contributed by atoms with E-state index in [-0.39, 0.29) is 22.2 Å². The molecule has 37 heavy (non-hydrogen) atoms. The zero-order chi connectivity index (χ0) is 26.5. The lowest BCUT2D eigenvalue weighted by atomic mass is 10.0. The van der Waals surface area contributed by atoms with E-state index in [0.29, 0.717) is 28.8 Å². The predicted octanol–water partition coefficient (Wildman–Crippen LogP) is 0.691. The maximum Gasteiger partial charge on any atom is 0.352 e. The van der Waals surface area contributed by atoms with Crippen LogP contribution in [-0.2, 0) is 26.3 Å². The van der Waals surface area contributed by atoms with Crippen LogP contribution < -0.4 is 11.1 Å². The van der Waals surface area contributed by atoms with E-state index in [4.69, 9.17) is 10.6 Å². The van der Waals surface area contributed by atoms with Crippen molar-refractivity contribution in [3.8, 4) is 0 Å². The number of thiazole rings is 1. The molecule has 4 rings (SSSR count). The Morgan fingerprint density at radius 1 is 1.41 bits per heavy atom. The topological polar surface area (TPSA) is 191 Å². The highest BCUT2D eigenvalue weighted by molar-refractivity contribution is 8.01. The number of carbonyl (C=O) groups is 3. The van der Waals surface area contributed by atoms with E-state index in [2.05, 4.69) is 37.9 Å². The molecule has 0 bridgehead atoms. The number of carbonyl (C=O) groups excluding carboxylic acids is 2. The molecule has 2 aliphatic rings. The summed E-state index contributed by atoms with van der Waals surface area (Å²) in [6.45, 7) is 2.39. The fourth-order valence-corrected chi connectivity index (χ4v) is 6.51. The monoisotopic (exact) mass is 567 g/mol. The van der Waals surface area contributed by atoms with E-state index in [9.17, 15) is 19.5 Å². The largest absolute Gasteiger partial charge is 0.477 e. The van der Waals surface area contributed by atoms with Crippen LogP contribution in [0.5, 0.6) is 0 Å². The van der Waals surface area contributed by atoms with Crippen LogP contribution in [0, 0.1) is 0 Å². The smallest absolute Gasteiger partial charge is 0.352 e. The van der Waals surface area contributed by atoms with Crippen LogP contribution in [-0.4, -0.2) is 88.2 Å². The maximum atomic E-state index is 13.1. The molecule has 1 fully saturated rings. The number of unbranched alkanes of at least 4 members (excludes halogenated alkanes) is 2. The Hall–Kier alpha value is -3.18. The molecule has 2 aliphatic heterocycles. The van der Waals surface area contributed by atoms with Gasteiger partial charge in [-0.1, -0.05) is 36.7 Å².